The van der Waals surface area contributed by atoms with Crippen LogP contribution < -0.4 is 0 Å². The molecule has 0 aliphatic heterocycles. The standard InChI is InChI=1S/C12H20O/c13-12-9-5-8-11(12)10-6-3-1-2-4-7-10/h6,11-13H,1-5,7-9H2. The molecule has 0 saturated heterocycles. The molecule has 0 aromatic rings. The minimum atomic E-state index is -0.0238. The highest BCUT2D eigenvalue weighted by molar-refractivity contribution is 5.11. The molecule has 0 heterocycles. The normalized spacial score (nSPS) is 35.6. The van der Waals surface area contributed by atoms with Crippen molar-refractivity contribution in [2.24, 2.45) is 5.92 Å². The van der Waals surface area contributed by atoms with E-state index < -0.39 is 0 Å². The molecular formula is C12H20O. The molecule has 0 spiro atoms. The summed E-state index contributed by atoms with van der Waals surface area (Å²) in [5.41, 5.74) is 1.57. The highest BCUT2D eigenvalue weighted by atomic mass is 16.3. The second-order valence-corrected chi connectivity index (χ2v) is 4.48. The Balaban J connectivity index is 2.00. The summed E-state index contributed by atoms with van der Waals surface area (Å²) in [5.74, 6) is 0.526. The van der Waals surface area contributed by atoms with Crippen molar-refractivity contribution in [1.82, 2.24) is 0 Å². The number of allylic oxidation sites excluding steroid dienone is 1. The van der Waals surface area contributed by atoms with Gasteiger partial charge in [0, 0.05) is 5.92 Å². The lowest BCUT2D eigenvalue weighted by Crippen LogP contribution is -2.15. The maximum absolute atomic E-state index is 9.79. The maximum atomic E-state index is 9.79. The summed E-state index contributed by atoms with van der Waals surface area (Å²) in [6, 6.07) is 0. The molecular weight excluding hydrogens is 160 g/mol. The van der Waals surface area contributed by atoms with Gasteiger partial charge in [-0.3, -0.25) is 0 Å². The molecule has 2 aliphatic carbocycles. The second kappa shape index (κ2) is 4.28. The van der Waals surface area contributed by atoms with E-state index in [1.54, 1.807) is 5.57 Å². The van der Waals surface area contributed by atoms with Crippen LogP contribution in [0.25, 0.3) is 0 Å². The van der Waals surface area contributed by atoms with Crippen molar-refractivity contribution < 1.29 is 5.11 Å². The van der Waals surface area contributed by atoms with Gasteiger partial charge in [0.15, 0.2) is 0 Å². The van der Waals surface area contributed by atoms with Crippen molar-refractivity contribution >= 4 is 0 Å². The van der Waals surface area contributed by atoms with Crippen LogP contribution in [-0.4, -0.2) is 11.2 Å². The van der Waals surface area contributed by atoms with Crippen molar-refractivity contribution in [2.75, 3.05) is 0 Å². The summed E-state index contributed by atoms with van der Waals surface area (Å²) < 4.78 is 0. The molecule has 2 rings (SSSR count). The van der Waals surface area contributed by atoms with Crippen molar-refractivity contribution in [2.45, 2.75) is 57.5 Å². The summed E-state index contributed by atoms with van der Waals surface area (Å²) >= 11 is 0. The number of rotatable bonds is 1. The van der Waals surface area contributed by atoms with Gasteiger partial charge in [-0.15, -0.1) is 0 Å². The van der Waals surface area contributed by atoms with E-state index in [-0.39, 0.29) is 6.10 Å². The molecule has 13 heavy (non-hydrogen) atoms. The van der Waals surface area contributed by atoms with Crippen LogP contribution in [0, 0.1) is 5.92 Å². The first-order valence-electron chi connectivity index (χ1n) is 5.75. The van der Waals surface area contributed by atoms with E-state index in [1.807, 2.05) is 0 Å². The molecule has 0 aromatic carbocycles. The Hall–Kier alpha value is -0.300. The summed E-state index contributed by atoms with van der Waals surface area (Å²) in [7, 11) is 0. The van der Waals surface area contributed by atoms with Gasteiger partial charge in [-0.05, 0) is 38.5 Å². The highest BCUT2D eigenvalue weighted by Gasteiger charge is 2.28. The number of aliphatic hydroxyl groups excluding tert-OH is 1. The van der Waals surface area contributed by atoms with E-state index in [2.05, 4.69) is 6.08 Å². The molecule has 2 atom stereocenters. The monoisotopic (exact) mass is 180 g/mol. The highest BCUT2D eigenvalue weighted by Crippen LogP contribution is 2.35. The van der Waals surface area contributed by atoms with Crippen molar-refractivity contribution in [1.29, 1.82) is 0 Å². The van der Waals surface area contributed by atoms with Crippen molar-refractivity contribution in [3.63, 3.8) is 0 Å². The van der Waals surface area contributed by atoms with E-state index in [4.69, 9.17) is 0 Å². The fourth-order valence-electron chi connectivity index (χ4n) is 2.75. The van der Waals surface area contributed by atoms with Gasteiger partial charge >= 0.3 is 0 Å². The first-order valence-corrected chi connectivity index (χ1v) is 5.75. The second-order valence-electron chi connectivity index (χ2n) is 4.48. The molecule has 2 aliphatic rings. The molecule has 1 nitrogen and oxygen atoms in total. The average molecular weight is 180 g/mol. The Labute approximate surface area is 80.8 Å². The van der Waals surface area contributed by atoms with E-state index in [0.29, 0.717) is 5.92 Å². The molecule has 1 N–H and O–H groups in total. The van der Waals surface area contributed by atoms with E-state index >= 15 is 0 Å². The van der Waals surface area contributed by atoms with Crippen LogP contribution in [0.1, 0.15) is 51.4 Å². The van der Waals surface area contributed by atoms with Crippen molar-refractivity contribution in [3.8, 4) is 0 Å². The summed E-state index contributed by atoms with van der Waals surface area (Å²) in [6.45, 7) is 0. The number of hydrogen-bond donors (Lipinski definition) is 1. The molecule has 0 aromatic heterocycles. The largest absolute Gasteiger partial charge is 0.393 e. The van der Waals surface area contributed by atoms with Crippen LogP contribution >= 0.6 is 0 Å². The minimum absolute atomic E-state index is 0.0238. The first-order chi connectivity index (χ1) is 6.38. The predicted molar refractivity (Wildman–Crippen MR) is 54.5 cm³/mol. The summed E-state index contributed by atoms with van der Waals surface area (Å²) in [5, 5.41) is 9.79. The molecule has 0 bridgehead atoms. The molecule has 74 valence electrons. The Morgan fingerprint density at radius 3 is 2.77 bits per heavy atom. The molecule has 0 amide bonds. The molecule has 0 radical (unpaired) electrons. The molecule has 2 unspecified atom stereocenters. The number of hydrogen-bond acceptors (Lipinski definition) is 1. The van der Waals surface area contributed by atoms with Gasteiger partial charge in [0.05, 0.1) is 6.10 Å². The third-order valence-electron chi connectivity index (χ3n) is 3.53. The quantitative estimate of drug-likeness (QED) is 0.615. The zero-order valence-corrected chi connectivity index (χ0v) is 8.34. The average Bonchev–Trinajstić information content (AvgIpc) is 2.43. The van der Waals surface area contributed by atoms with E-state index in [0.717, 1.165) is 6.42 Å². The zero-order chi connectivity index (χ0) is 9.10. The van der Waals surface area contributed by atoms with Crippen LogP contribution in [0.3, 0.4) is 0 Å². The van der Waals surface area contributed by atoms with Crippen molar-refractivity contribution in [3.05, 3.63) is 11.6 Å². The summed E-state index contributed by atoms with van der Waals surface area (Å²) in [4.78, 5) is 0. The van der Waals surface area contributed by atoms with Gasteiger partial charge in [0.2, 0.25) is 0 Å². The van der Waals surface area contributed by atoms with Crippen LogP contribution in [0.15, 0.2) is 11.6 Å². The van der Waals surface area contributed by atoms with Gasteiger partial charge in [0.25, 0.3) is 0 Å². The third-order valence-corrected chi connectivity index (χ3v) is 3.53. The molecule has 1 heteroatoms. The van der Waals surface area contributed by atoms with Crippen LogP contribution in [0.5, 0.6) is 0 Å². The minimum Gasteiger partial charge on any atom is -0.393 e. The lowest BCUT2D eigenvalue weighted by atomic mass is 9.92. The molecule has 1 saturated carbocycles. The fraction of sp³-hybridized carbons (Fsp3) is 0.833. The third kappa shape index (κ3) is 2.14. The smallest absolute Gasteiger partial charge is 0.0605 e. The van der Waals surface area contributed by atoms with Crippen LogP contribution in [0.2, 0.25) is 0 Å². The maximum Gasteiger partial charge on any atom is 0.0605 e. The fourth-order valence-corrected chi connectivity index (χ4v) is 2.75. The van der Waals surface area contributed by atoms with Crippen LogP contribution in [-0.2, 0) is 0 Å². The number of aliphatic hydroxyl groups is 1. The Morgan fingerprint density at radius 1 is 1.08 bits per heavy atom. The van der Waals surface area contributed by atoms with Gasteiger partial charge in [0.1, 0.15) is 0 Å². The first kappa shape index (κ1) is 9.26. The Bertz CT molecular complexity index is 195. The van der Waals surface area contributed by atoms with E-state index in [1.165, 1.54) is 44.9 Å². The lowest BCUT2D eigenvalue weighted by molar-refractivity contribution is 0.146. The zero-order valence-electron chi connectivity index (χ0n) is 8.34. The topological polar surface area (TPSA) is 20.2 Å². The molecule has 1 fully saturated rings. The SMILES string of the molecule is OC1CCCC1C1=CCCCCC1. The predicted octanol–water partition coefficient (Wildman–Crippen LogP) is 3.04. The Kier molecular flexibility index (Phi) is 3.05. The lowest BCUT2D eigenvalue weighted by Gasteiger charge is -2.17. The van der Waals surface area contributed by atoms with Gasteiger partial charge in [-0.25, -0.2) is 0 Å². The Morgan fingerprint density at radius 2 is 2.00 bits per heavy atom. The van der Waals surface area contributed by atoms with Crippen LogP contribution in [0.4, 0.5) is 0 Å². The van der Waals surface area contributed by atoms with Gasteiger partial charge < -0.3 is 5.11 Å². The van der Waals surface area contributed by atoms with Gasteiger partial charge in [-0.2, -0.15) is 0 Å². The summed E-state index contributed by atoms with van der Waals surface area (Å²) in [6.07, 6.45) is 12.4. The van der Waals surface area contributed by atoms with E-state index in [9.17, 15) is 5.11 Å². The van der Waals surface area contributed by atoms with Gasteiger partial charge in [-0.1, -0.05) is 24.5 Å².